The zero-order valence-electron chi connectivity index (χ0n) is 11.9. The fraction of sp³-hybridized carbons (Fsp3) is 0.714. The summed E-state index contributed by atoms with van der Waals surface area (Å²) >= 11 is 3.42. The zero-order valence-corrected chi connectivity index (χ0v) is 13.5. The number of hydrogen-bond donors (Lipinski definition) is 0. The quantitative estimate of drug-likeness (QED) is 0.853. The second-order valence-corrected chi connectivity index (χ2v) is 6.14. The molecule has 0 bridgehead atoms. The second kappa shape index (κ2) is 6.07. The van der Waals surface area contributed by atoms with Gasteiger partial charge < -0.3 is 4.90 Å². The maximum atomic E-state index is 11.9. The summed E-state index contributed by atoms with van der Waals surface area (Å²) in [5, 5.41) is 4.13. The van der Waals surface area contributed by atoms with Crippen LogP contribution in [-0.2, 0) is 7.05 Å². The van der Waals surface area contributed by atoms with Crippen LogP contribution in [0, 0.1) is 11.8 Å². The maximum absolute atomic E-state index is 11.9. The Morgan fingerprint density at radius 1 is 1.47 bits per heavy atom. The third-order valence-corrected chi connectivity index (χ3v) is 5.09. The summed E-state index contributed by atoms with van der Waals surface area (Å²) in [4.78, 5) is 14.2. The van der Waals surface area contributed by atoms with Crippen LogP contribution in [0.1, 0.15) is 33.1 Å². The van der Waals surface area contributed by atoms with Gasteiger partial charge in [0, 0.05) is 20.1 Å². The summed E-state index contributed by atoms with van der Waals surface area (Å²) in [5.74, 6) is 1.54. The average molecular weight is 328 g/mol. The summed E-state index contributed by atoms with van der Waals surface area (Å²) in [5.41, 5.74) is 0.875. The van der Waals surface area contributed by atoms with E-state index in [-0.39, 0.29) is 5.56 Å². The van der Waals surface area contributed by atoms with Crippen molar-refractivity contribution in [2.24, 2.45) is 18.9 Å². The molecule has 0 saturated carbocycles. The van der Waals surface area contributed by atoms with E-state index in [2.05, 4.69) is 39.8 Å². The van der Waals surface area contributed by atoms with E-state index in [4.69, 9.17) is 0 Å². The lowest BCUT2D eigenvalue weighted by atomic mass is 9.87. The van der Waals surface area contributed by atoms with Gasteiger partial charge in [-0.3, -0.25) is 4.79 Å². The van der Waals surface area contributed by atoms with E-state index < -0.39 is 0 Å². The van der Waals surface area contributed by atoms with Gasteiger partial charge in [-0.2, -0.15) is 5.10 Å². The SMILES string of the molecule is CCC(CC)C1CCN(c2cnn(C)c(=O)c2Br)C1. The Morgan fingerprint density at radius 2 is 2.16 bits per heavy atom. The minimum Gasteiger partial charge on any atom is -0.369 e. The molecule has 1 aliphatic rings. The van der Waals surface area contributed by atoms with Crippen molar-refractivity contribution in [3.63, 3.8) is 0 Å². The zero-order chi connectivity index (χ0) is 14.0. The average Bonchev–Trinajstić information content (AvgIpc) is 2.87. The van der Waals surface area contributed by atoms with Gasteiger partial charge in [0.25, 0.3) is 5.56 Å². The molecule has 1 aromatic heterocycles. The minimum atomic E-state index is -0.0662. The third-order valence-electron chi connectivity index (χ3n) is 4.34. The molecule has 2 rings (SSSR count). The van der Waals surface area contributed by atoms with E-state index in [0.29, 0.717) is 4.47 Å². The lowest BCUT2D eigenvalue weighted by Gasteiger charge is -2.23. The standard InChI is InChI=1S/C14H22BrN3O/c1-4-10(5-2)11-6-7-18(9-11)12-8-16-17(3)14(19)13(12)15/h8,10-11H,4-7,9H2,1-3H3. The van der Waals surface area contributed by atoms with Gasteiger partial charge in [0.1, 0.15) is 4.47 Å². The Kier molecular flexibility index (Phi) is 4.66. The number of aryl methyl sites for hydroxylation is 1. The molecule has 1 unspecified atom stereocenters. The molecule has 0 aromatic carbocycles. The summed E-state index contributed by atoms with van der Waals surface area (Å²) in [6, 6.07) is 0. The van der Waals surface area contributed by atoms with Crippen LogP contribution >= 0.6 is 15.9 Å². The van der Waals surface area contributed by atoms with E-state index in [0.717, 1.165) is 30.6 Å². The molecular formula is C14H22BrN3O. The molecule has 1 aromatic rings. The Hall–Kier alpha value is -0.840. The van der Waals surface area contributed by atoms with E-state index in [1.54, 1.807) is 13.2 Å². The summed E-state index contributed by atoms with van der Waals surface area (Å²) in [6.07, 6.45) is 5.49. The van der Waals surface area contributed by atoms with Crippen LogP contribution in [0.15, 0.2) is 15.5 Å². The first kappa shape index (κ1) is 14.6. The lowest BCUT2D eigenvalue weighted by molar-refractivity contribution is 0.339. The molecule has 1 aliphatic heterocycles. The molecule has 0 radical (unpaired) electrons. The van der Waals surface area contributed by atoms with Gasteiger partial charge in [-0.05, 0) is 34.2 Å². The van der Waals surface area contributed by atoms with Gasteiger partial charge in [-0.25, -0.2) is 4.68 Å². The number of halogens is 1. The topological polar surface area (TPSA) is 38.1 Å². The first-order valence-corrected chi connectivity index (χ1v) is 7.84. The molecule has 0 spiro atoms. The van der Waals surface area contributed by atoms with E-state index in [1.165, 1.54) is 23.9 Å². The van der Waals surface area contributed by atoms with Gasteiger partial charge >= 0.3 is 0 Å². The molecule has 106 valence electrons. The maximum Gasteiger partial charge on any atom is 0.282 e. The normalized spacial score (nSPS) is 19.4. The monoisotopic (exact) mass is 327 g/mol. The molecule has 0 amide bonds. The van der Waals surface area contributed by atoms with Crippen molar-refractivity contribution in [2.75, 3.05) is 18.0 Å². The molecule has 0 aliphatic carbocycles. The van der Waals surface area contributed by atoms with Crippen molar-refractivity contribution >= 4 is 21.6 Å². The van der Waals surface area contributed by atoms with Crippen molar-refractivity contribution in [3.8, 4) is 0 Å². The largest absolute Gasteiger partial charge is 0.369 e. The number of anilines is 1. The van der Waals surface area contributed by atoms with Crippen LogP contribution in [0.5, 0.6) is 0 Å². The first-order chi connectivity index (χ1) is 9.08. The Bertz CT molecular complexity index is 496. The fourth-order valence-corrected chi connectivity index (χ4v) is 3.68. The summed E-state index contributed by atoms with van der Waals surface area (Å²) < 4.78 is 2.00. The molecule has 0 N–H and O–H groups in total. The lowest BCUT2D eigenvalue weighted by Crippen LogP contribution is -2.27. The highest BCUT2D eigenvalue weighted by Gasteiger charge is 2.29. The van der Waals surface area contributed by atoms with Crippen LogP contribution in [0.2, 0.25) is 0 Å². The van der Waals surface area contributed by atoms with Gasteiger partial charge in [-0.15, -0.1) is 0 Å². The fourth-order valence-electron chi connectivity index (χ4n) is 3.07. The van der Waals surface area contributed by atoms with Gasteiger partial charge in [0.2, 0.25) is 0 Å². The highest BCUT2D eigenvalue weighted by molar-refractivity contribution is 9.10. The van der Waals surface area contributed by atoms with Crippen LogP contribution in [0.3, 0.4) is 0 Å². The van der Waals surface area contributed by atoms with Crippen LogP contribution < -0.4 is 10.5 Å². The van der Waals surface area contributed by atoms with Crippen LogP contribution in [0.4, 0.5) is 5.69 Å². The third kappa shape index (κ3) is 2.86. The van der Waals surface area contributed by atoms with Crippen molar-refractivity contribution < 1.29 is 0 Å². The van der Waals surface area contributed by atoms with Gasteiger partial charge in [0.15, 0.2) is 0 Å². The molecule has 1 atom stereocenters. The summed E-state index contributed by atoms with van der Waals surface area (Å²) in [7, 11) is 1.67. The van der Waals surface area contributed by atoms with Gasteiger partial charge in [-0.1, -0.05) is 26.7 Å². The van der Waals surface area contributed by atoms with Crippen LogP contribution in [0.25, 0.3) is 0 Å². The molecule has 19 heavy (non-hydrogen) atoms. The molecule has 1 fully saturated rings. The van der Waals surface area contributed by atoms with Crippen molar-refractivity contribution in [3.05, 3.63) is 21.0 Å². The Labute approximate surface area is 122 Å². The highest BCUT2D eigenvalue weighted by Crippen LogP contribution is 2.33. The van der Waals surface area contributed by atoms with Crippen molar-refractivity contribution in [1.82, 2.24) is 9.78 Å². The smallest absolute Gasteiger partial charge is 0.282 e. The van der Waals surface area contributed by atoms with E-state index >= 15 is 0 Å². The Balaban J connectivity index is 2.17. The number of nitrogens with zero attached hydrogens (tertiary/aromatic N) is 3. The number of rotatable bonds is 4. The first-order valence-electron chi connectivity index (χ1n) is 7.05. The van der Waals surface area contributed by atoms with Crippen molar-refractivity contribution in [2.45, 2.75) is 33.1 Å². The van der Waals surface area contributed by atoms with Gasteiger partial charge in [0.05, 0.1) is 11.9 Å². The molecule has 2 heterocycles. The number of aromatic nitrogens is 2. The molecular weight excluding hydrogens is 306 g/mol. The Morgan fingerprint density at radius 3 is 2.79 bits per heavy atom. The van der Waals surface area contributed by atoms with Crippen molar-refractivity contribution in [1.29, 1.82) is 0 Å². The van der Waals surface area contributed by atoms with E-state index in [9.17, 15) is 4.79 Å². The van der Waals surface area contributed by atoms with E-state index in [1.807, 2.05) is 0 Å². The molecule has 5 heteroatoms. The molecule has 1 saturated heterocycles. The minimum absolute atomic E-state index is 0.0662. The predicted octanol–water partition coefficient (Wildman–Crippen LogP) is 2.81. The summed E-state index contributed by atoms with van der Waals surface area (Å²) in [6.45, 7) is 6.60. The second-order valence-electron chi connectivity index (χ2n) is 5.34. The highest BCUT2D eigenvalue weighted by atomic mass is 79.9. The van der Waals surface area contributed by atoms with Crippen LogP contribution in [-0.4, -0.2) is 22.9 Å². The predicted molar refractivity (Wildman–Crippen MR) is 81.6 cm³/mol. The molecule has 4 nitrogen and oxygen atoms in total. The number of hydrogen-bond acceptors (Lipinski definition) is 3.